The maximum absolute atomic E-state index is 12.5. The summed E-state index contributed by atoms with van der Waals surface area (Å²) in [5.74, 6) is -0.482. The standard InChI is InChI=1S/C23H19ClN4O2S/c24-19-9-6-17(15-20(19)27-23(30)21-3-1-14-31-21)22(29)25-12-10-16-4-7-18(8-5-16)28-13-2-11-26-28/h1-9,11,13-15H,10,12H2,(H,25,29)(H,27,30). The zero-order valence-electron chi connectivity index (χ0n) is 16.4. The summed E-state index contributed by atoms with van der Waals surface area (Å²) in [5, 5.41) is 12.1. The first-order valence-electron chi connectivity index (χ1n) is 9.62. The number of aromatic nitrogens is 2. The lowest BCUT2D eigenvalue weighted by Gasteiger charge is -2.10. The molecule has 2 heterocycles. The lowest BCUT2D eigenvalue weighted by Crippen LogP contribution is -2.25. The summed E-state index contributed by atoms with van der Waals surface area (Å²) >= 11 is 7.53. The lowest BCUT2D eigenvalue weighted by atomic mass is 10.1. The van der Waals surface area contributed by atoms with Gasteiger partial charge in [0.15, 0.2) is 0 Å². The highest BCUT2D eigenvalue weighted by atomic mass is 35.5. The first kappa shape index (κ1) is 20.8. The van der Waals surface area contributed by atoms with E-state index in [-0.39, 0.29) is 11.8 Å². The molecule has 4 aromatic rings. The second-order valence-corrected chi connectivity index (χ2v) is 8.10. The van der Waals surface area contributed by atoms with Gasteiger partial charge in [-0.2, -0.15) is 5.10 Å². The van der Waals surface area contributed by atoms with Gasteiger partial charge in [0.25, 0.3) is 11.8 Å². The van der Waals surface area contributed by atoms with Crippen LogP contribution in [0.25, 0.3) is 5.69 Å². The molecule has 0 bridgehead atoms. The van der Waals surface area contributed by atoms with Gasteiger partial charge < -0.3 is 10.6 Å². The van der Waals surface area contributed by atoms with Crippen molar-refractivity contribution in [3.05, 3.63) is 99.5 Å². The zero-order valence-corrected chi connectivity index (χ0v) is 18.0. The van der Waals surface area contributed by atoms with Crippen LogP contribution in [0.2, 0.25) is 5.02 Å². The largest absolute Gasteiger partial charge is 0.352 e. The maximum atomic E-state index is 12.5. The van der Waals surface area contributed by atoms with Crippen LogP contribution < -0.4 is 10.6 Å². The maximum Gasteiger partial charge on any atom is 0.265 e. The fourth-order valence-corrected chi connectivity index (χ4v) is 3.80. The molecule has 2 aromatic heterocycles. The molecule has 4 rings (SSSR count). The Morgan fingerprint density at radius 3 is 2.58 bits per heavy atom. The van der Waals surface area contributed by atoms with E-state index >= 15 is 0 Å². The number of hydrogen-bond donors (Lipinski definition) is 2. The molecule has 2 amide bonds. The number of carbonyl (C=O) groups excluding carboxylic acids is 2. The van der Waals surface area contributed by atoms with Crippen LogP contribution >= 0.6 is 22.9 Å². The summed E-state index contributed by atoms with van der Waals surface area (Å²) in [7, 11) is 0. The molecule has 6 nitrogen and oxygen atoms in total. The molecule has 0 saturated carbocycles. The first-order chi connectivity index (χ1) is 15.1. The van der Waals surface area contributed by atoms with E-state index in [0.29, 0.717) is 34.1 Å². The van der Waals surface area contributed by atoms with Gasteiger partial charge in [0, 0.05) is 24.5 Å². The summed E-state index contributed by atoms with van der Waals surface area (Å²) in [4.78, 5) is 25.4. The SMILES string of the molecule is O=C(NCCc1ccc(-n2cccn2)cc1)c1ccc(Cl)c(NC(=O)c2cccs2)c1. The van der Waals surface area contributed by atoms with Crippen LogP contribution in [0.15, 0.2) is 78.4 Å². The molecular weight excluding hydrogens is 432 g/mol. The molecule has 2 N–H and O–H groups in total. The summed E-state index contributed by atoms with van der Waals surface area (Å²) in [5.41, 5.74) is 2.93. The van der Waals surface area contributed by atoms with Crippen molar-refractivity contribution in [2.45, 2.75) is 6.42 Å². The smallest absolute Gasteiger partial charge is 0.265 e. The molecule has 0 saturated heterocycles. The highest BCUT2D eigenvalue weighted by Gasteiger charge is 2.13. The van der Waals surface area contributed by atoms with E-state index in [4.69, 9.17) is 11.6 Å². The fraction of sp³-hybridized carbons (Fsp3) is 0.0870. The lowest BCUT2D eigenvalue weighted by molar-refractivity contribution is 0.0952. The average molecular weight is 451 g/mol. The van der Waals surface area contributed by atoms with Crippen molar-refractivity contribution in [1.82, 2.24) is 15.1 Å². The number of amides is 2. The Labute approximate surface area is 188 Å². The zero-order chi connectivity index (χ0) is 21.6. The predicted octanol–water partition coefficient (Wildman–Crippen LogP) is 4.81. The highest BCUT2D eigenvalue weighted by molar-refractivity contribution is 7.12. The van der Waals surface area contributed by atoms with E-state index in [2.05, 4.69) is 15.7 Å². The Hall–Kier alpha value is -3.42. The third-order valence-corrected chi connectivity index (χ3v) is 5.82. The molecule has 156 valence electrons. The normalized spacial score (nSPS) is 10.6. The summed E-state index contributed by atoms with van der Waals surface area (Å²) in [6, 6.07) is 18.3. The van der Waals surface area contributed by atoms with Gasteiger partial charge in [-0.25, -0.2) is 4.68 Å². The Morgan fingerprint density at radius 1 is 1.03 bits per heavy atom. The van der Waals surface area contributed by atoms with E-state index in [1.165, 1.54) is 11.3 Å². The molecule has 0 fully saturated rings. The Kier molecular flexibility index (Phi) is 6.45. The number of hydrogen-bond acceptors (Lipinski definition) is 4. The van der Waals surface area contributed by atoms with Gasteiger partial charge in [-0.3, -0.25) is 9.59 Å². The van der Waals surface area contributed by atoms with Gasteiger partial charge >= 0.3 is 0 Å². The molecular formula is C23H19ClN4O2S. The molecule has 0 spiro atoms. The van der Waals surface area contributed by atoms with Crippen LogP contribution in [0.4, 0.5) is 5.69 Å². The van der Waals surface area contributed by atoms with Crippen LogP contribution in [-0.4, -0.2) is 28.1 Å². The Morgan fingerprint density at radius 2 is 1.87 bits per heavy atom. The minimum atomic E-state index is -0.256. The van der Waals surface area contributed by atoms with Crippen LogP contribution in [0.1, 0.15) is 25.6 Å². The number of carbonyl (C=O) groups is 2. The molecule has 2 aromatic carbocycles. The van der Waals surface area contributed by atoms with Crippen LogP contribution in [0, 0.1) is 0 Å². The predicted molar refractivity (Wildman–Crippen MR) is 123 cm³/mol. The minimum Gasteiger partial charge on any atom is -0.352 e. The number of nitrogens with one attached hydrogen (secondary N) is 2. The Balaban J connectivity index is 1.33. The average Bonchev–Trinajstić information content (AvgIpc) is 3.50. The second kappa shape index (κ2) is 9.59. The molecule has 0 atom stereocenters. The monoisotopic (exact) mass is 450 g/mol. The van der Waals surface area contributed by atoms with Gasteiger partial charge in [-0.05, 0) is 59.8 Å². The van der Waals surface area contributed by atoms with Crippen molar-refractivity contribution < 1.29 is 9.59 Å². The Bertz CT molecular complexity index is 1170. The fourth-order valence-electron chi connectivity index (χ4n) is 3.01. The molecule has 0 unspecified atom stereocenters. The number of anilines is 1. The third-order valence-electron chi connectivity index (χ3n) is 4.63. The van der Waals surface area contributed by atoms with Crippen molar-refractivity contribution in [3.63, 3.8) is 0 Å². The highest BCUT2D eigenvalue weighted by Crippen LogP contribution is 2.24. The van der Waals surface area contributed by atoms with E-state index in [1.807, 2.05) is 41.9 Å². The minimum absolute atomic E-state index is 0.226. The van der Waals surface area contributed by atoms with Crippen molar-refractivity contribution >= 4 is 40.4 Å². The van der Waals surface area contributed by atoms with Crippen LogP contribution in [0.3, 0.4) is 0 Å². The summed E-state index contributed by atoms with van der Waals surface area (Å²) < 4.78 is 1.79. The van der Waals surface area contributed by atoms with E-state index in [0.717, 1.165) is 11.3 Å². The van der Waals surface area contributed by atoms with E-state index in [1.54, 1.807) is 41.2 Å². The molecule has 0 aliphatic heterocycles. The van der Waals surface area contributed by atoms with Crippen molar-refractivity contribution in [3.8, 4) is 5.69 Å². The molecule has 0 aliphatic carbocycles. The van der Waals surface area contributed by atoms with Crippen molar-refractivity contribution in [2.75, 3.05) is 11.9 Å². The number of halogens is 1. The summed E-state index contributed by atoms with van der Waals surface area (Å²) in [6.07, 6.45) is 4.32. The van der Waals surface area contributed by atoms with Gasteiger partial charge in [0.2, 0.25) is 0 Å². The van der Waals surface area contributed by atoms with Gasteiger partial charge in [0.05, 0.1) is 21.3 Å². The topological polar surface area (TPSA) is 76.0 Å². The van der Waals surface area contributed by atoms with Crippen molar-refractivity contribution in [2.24, 2.45) is 0 Å². The molecule has 0 aliphatic rings. The second-order valence-electron chi connectivity index (χ2n) is 6.75. The number of rotatable bonds is 7. The quantitative estimate of drug-likeness (QED) is 0.424. The van der Waals surface area contributed by atoms with Crippen molar-refractivity contribution in [1.29, 1.82) is 0 Å². The number of nitrogens with zero attached hydrogens (tertiary/aromatic N) is 2. The molecule has 31 heavy (non-hydrogen) atoms. The number of benzene rings is 2. The van der Waals surface area contributed by atoms with Gasteiger partial charge in [-0.1, -0.05) is 29.8 Å². The number of thiophene rings is 1. The van der Waals surface area contributed by atoms with Crippen LogP contribution in [0.5, 0.6) is 0 Å². The first-order valence-corrected chi connectivity index (χ1v) is 10.9. The van der Waals surface area contributed by atoms with E-state index in [9.17, 15) is 9.59 Å². The molecule has 0 radical (unpaired) electrons. The van der Waals surface area contributed by atoms with Crippen LogP contribution in [-0.2, 0) is 6.42 Å². The van der Waals surface area contributed by atoms with E-state index < -0.39 is 0 Å². The third kappa shape index (κ3) is 5.20. The summed E-state index contributed by atoms with van der Waals surface area (Å²) in [6.45, 7) is 0.486. The van der Waals surface area contributed by atoms with Gasteiger partial charge in [0.1, 0.15) is 0 Å². The van der Waals surface area contributed by atoms with Gasteiger partial charge in [-0.15, -0.1) is 11.3 Å². The molecule has 8 heteroatoms.